The summed E-state index contributed by atoms with van der Waals surface area (Å²) in [5.41, 5.74) is -1.04. The van der Waals surface area contributed by atoms with Crippen molar-refractivity contribution in [1.82, 2.24) is 9.80 Å². The molecule has 1 saturated carbocycles. The molecule has 1 N–H and O–H groups in total. The Labute approximate surface area is 171 Å². The molecule has 2 aliphatic rings. The maximum atomic E-state index is 13.6. The lowest BCUT2D eigenvalue weighted by atomic mass is 9.81. The Bertz CT molecular complexity index is 856. The Balaban J connectivity index is 1.55. The number of esters is 1. The molecular formula is C19H21ClFN3O5. The average Bonchev–Trinajstić information content (AvgIpc) is 2.86. The van der Waals surface area contributed by atoms with Gasteiger partial charge in [-0.25, -0.2) is 9.18 Å². The van der Waals surface area contributed by atoms with Gasteiger partial charge in [-0.3, -0.25) is 19.3 Å². The molecule has 1 heterocycles. The van der Waals surface area contributed by atoms with Gasteiger partial charge in [0.05, 0.1) is 5.69 Å². The molecule has 1 aromatic carbocycles. The zero-order chi connectivity index (χ0) is 21.2. The van der Waals surface area contributed by atoms with Gasteiger partial charge in [0.1, 0.15) is 17.9 Å². The molecule has 0 aromatic heterocycles. The Morgan fingerprint density at radius 1 is 1.24 bits per heavy atom. The second kappa shape index (κ2) is 8.36. The van der Waals surface area contributed by atoms with Crippen molar-refractivity contribution in [3.8, 4) is 0 Å². The van der Waals surface area contributed by atoms with Crippen LogP contribution in [-0.2, 0) is 19.1 Å². The van der Waals surface area contributed by atoms with E-state index in [-0.39, 0.29) is 10.7 Å². The summed E-state index contributed by atoms with van der Waals surface area (Å²) < 4.78 is 18.5. The van der Waals surface area contributed by atoms with Gasteiger partial charge in [0, 0.05) is 12.1 Å². The van der Waals surface area contributed by atoms with Crippen molar-refractivity contribution < 1.29 is 28.3 Å². The van der Waals surface area contributed by atoms with Crippen LogP contribution in [-0.4, -0.2) is 59.4 Å². The Hall–Kier alpha value is -2.68. The van der Waals surface area contributed by atoms with E-state index in [2.05, 4.69) is 5.32 Å². The lowest BCUT2D eigenvalue weighted by Crippen LogP contribution is -2.49. The maximum Gasteiger partial charge on any atom is 0.327 e. The van der Waals surface area contributed by atoms with E-state index in [4.69, 9.17) is 16.3 Å². The number of carbonyl (C=O) groups is 4. The number of hydrogen-bond acceptors (Lipinski definition) is 5. The molecule has 4 amide bonds. The molecular weight excluding hydrogens is 405 g/mol. The smallest absolute Gasteiger partial charge is 0.327 e. The molecule has 2 fully saturated rings. The van der Waals surface area contributed by atoms with Gasteiger partial charge in [-0.1, -0.05) is 30.9 Å². The van der Waals surface area contributed by atoms with Crippen LogP contribution in [0.1, 0.15) is 32.1 Å². The van der Waals surface area contributed by atoms with Crippen LogP contribution >= 0.6 is 11.6 Å². The molecule has 8 nitrogen and oxygen atoms in total. The Morgan fingerprint density at radius 2 is 1.93 bits per heavy atom. The van der Waals surface area contributed by atoms with Crippen molar-refractivity contribution in [3.63, 3.8) is 0 Å². The number of carbonyl (C=O) groups excluding carboxylic acids is 4. The van der Waals surface area contributed by atoms with Crippen LogP contribution in [0.5, 0.6) is 0 Å². The summed E-state index contributed by atoms with van der Waals surface area (Å²) in [6, 6.07) is 3.08. The number of benzene rings is 1. The van der Waals surface area contributed by atoms with Gasteiger partial charge < -0.3 is 15.0 Å². The number of rotatable bonds is 5. The molecule has 29 heavy (non-hydrogen) atoms. The number of hydrogen-bond donors (Lipinski definition) is 1. The van der Waals surface area contributed by atoms with Gasteiger partial charge in [-0.05, 0) is 31.0 Å². The first kappa shape index (κ1) is 21.0. The van der Waals surface area contributed by atoms with Gasteiger partial charge in [0.25, 0.3) is 11.8 Å². The van der Waals surface area contributed by atoms with Crippen LogP contribution in [0.15, 0.2) is 18.2 Å². The topological polar surface area (TPSA) is 96.0 Å². The first-order valence-corrected chi connectivity index (χ1v) is 9.63. The predicted octanol–water partition coefficient (Wildman–Crippen LogP) is 2.56. The average molecular weight is 426 g/mol. The van der Waals surface area contributed by atoms with Gasteiger partial charge in [0.2, 0.25) is 0 Å². The van der Waals surface area contributed by atoms with Crippen molar-refractivity contribution in [3.05, 3.63) is 29.0 Å². The summed E-state index contributed by atoms with van der Waals surface area (Å²) in [7, 11) is 1.56. The first-order chi connectivity index (χ1) is 13.7. The van der Waals surface area contributed by atoms with E-state index >= 15 is 0 Å². The highest BCUT2D eigenvalue weighted by molar-refractivity contribution is 6.30. The van der Waals surface area contributed by atoms with Crippen molar-refractivity contribution in [2.75, 3.05) is 25.5 Å². The third-order valence-electron chi connectivity index (χ3n) is 5.34. The minimum Gasteiger partial charge on any atom is -0.454 e. The van der Waals surface area contributed by atoms with Crippen molar-refractivity contribution >= 4 is 41.1 Å². The zero-order valence-corrected chi connectivity index (χ0v) is 16.6. The fraction of sp³-hybridized carbons (Fsp3) is 0.474. The van der Waals surface area contributed by atoms with Gasteiger partial charge in [-0.15, -0.1) is 0 Å². The quantitative estimate of drug-likeness (QED) is 0.577. The second-order valence-electron chi connectivity index (χ2n) is 7.16. The number of likely N-dealkylation sites (N-methyl/N-ethyl adjacent to an activating group) is 1. The maximum absolute atomic E-state index is 13.6. The third-order valence-corrected chi connectivity index (χ3v) is 5.57. The van der Waals surface area contributed by atoms with Crippen LogP contribution in [0, 0.1) is 5.82 Å². The van der Waals surface area contributed by atoms with Crippen LogP contribution < -0.4 is 5.32 Å². The normalized spacial score (nSPS) is 18.3. The number of nitrogens with one attached hydrogen (secondary N) is 1. The summed E-state index contributed by atoms with van der Waals surface area (Å²) in [4.78, 5) is 51.5. The number of ether oxygens (including phenoxy) is 1. The minimum atomic E-state index is -0.908. The van der Waals surface area contributed by atoms with E-state index in [0.717, 1.165) is 30.2 Å². The fourth-order valence-electron chi connectivity index (χ4n) is 3.77. The van der Waals surface area contributed by atoms with E-state index in [1.807, 2.05) is 0 Å². The van der Waals surface area contributed by atoms with Gasteiger partial charge >= 0.3 is 12.0 Å². The number of nitrogens with zero attached hydrogens (tertiary/aromatic N) is 2. The molecule has 0 radical (unpaired) electrons. The summed E-state index contributed by atoms with van der Waals surface area (Å²) in [5, 5.41) is 2.47. The molecule has 3 rings (SSSR count). The lowest BCUT2D eigenvalue weighted by molar-refractivity contribution is -0.150. The van der Waals surface area contributed by atoms with Crippen LogP contribution in [0.25, 0.3) is 0 Å². The van der Waals surface area contributed by atoms with Crippen LogP contribution in [0.2, 0.25) is 5.02 Å². The van der Waals surface area contributed by atoms with E-state index < -0.39 is 48.3 Å². The fourth-order valence-corrected chi connectivity index (χ4v) is 3.94. The van der Waals surface area contributed by atoms with Crippen molar-refractivity contribution in [2.45, 2.75) is 37.6 Å². The summed E-state index contributed by atoms with van der Waals surface area (Å²) in [5.74, 6) is -2.79. The summed E-state index contributed by atoms with van der Waals surface area (Å²) >= 11 is 5.75. The van der Waals surface area contributed by atoms with Crippen LogP contribution in [0.3, 0.4) is 0 Å². The molecule has 1 saturated heterocycles. The molecule has 1 aliphatic heterocycles. The van der Waals surface area contributed by atoms with Crippen LogP contribution in [0.4, 0.5) is 14.9 Å². The third kappa shape index (κ3) is 4.19. The van der Waals surface area contributed by atoms with Gasteiger partial charge in [0.15, 0.2) is 6.61 Å². The zero-order valence-electron chi connectivity index (χ0n) is 15.9. The lowest BCUT2D eigenvalue weighted by Gasteiger charge is -2.35. The number of amides is 4. The number of imide groups is 1. The summed E-state index contributed by atoms with van der Waals surface area (Å²) in [6.45, 7) is -1.27. The minimum absolute atomic E-state index is 0.149. The highest BCUT2D eigenvalue weighted by atomic mass is 35.5. The number of anilines is 1. The van der Waals surface area contributed by atoms with E-state index in [9.17, 15) is 23.6 Å². The van der Waals surface area contributed by atoms with E-state index in [1.54, 1.807) is 7.05 Å². The predicted molar refractivity (Wildman–Crippen MR) is 102 cm³/mol. The van der Waals surface area contributed by atoms with Crippen molar-refractivity contribution in [1.29, 1.82) is 0 Å². The second-order valence-corrected chi connectivity index (χ2v) is 7.59. The Morgan fingerprint density at radius 3 is 2.62 bits per heavy atom. The van der Waals surface area contributed by atoms with E-state index in [0.29, 0.717) is 12.8 Å². The highest BCUT2D eigenvalue weighted by Crippen LogP contribution is 2.39. The molecule has 0 atom stereocenters. The largest absolute Gasteiger partial charge is 0.454 e. The molecule has 0 bridgehead atoms. The number of urea groups is 1. The molecule has 0 unspecified atom stereocenters. The van der Waals surface area contributed by atoms with E-state index in [1.165, 1.54) is 17.0 Å². The monoisotopic (exact) mass is 425 g/mol. The number of halogens is 2. The van der Waals surface area contributed by atoms with Gasteiger partial charge in [-0.2, -0.15) is 0 Å². The molecule has 156 valence electrons. The molecule has 1 spiro atoms. The molecule has 1 aromatic rings. The molecule has 10 heteroatoms. The Kier molecular flexibility index (Phi) is 6.07. The SMILES string of the molecule is CN1C(=O)N(CC(=O)OCC(=O)Nc2cc(Cl)ccc2F)C(=O)C12CCCCC2. The standard InChI is InChI=1S/C19H21ClFN3O5/c1-23-18(28)24(17(27)19(23)7-3-2-4-8-19)10-16(26)29-11-15(25)22-14-9-12(20)5-6-13(14)21/h5-6,9H,2-4,7-8,10-11H2,1H3,(H,22,25). The first-order valence-electron chi connectivity index (χ1n) is 9.25. The summed E-state index contributed by atoms with van der Waals surface area (Å²) in [6.07, 6.45) is 3.80. The highest BCUT2D eigenvalue weighted by Gasteiger charge is 2.55. The van der Waals surface area contributed by atoms with Crippen molar-refractivity contribution in [2.24, 2.45) is 0 Å². The molecule has 1 aliphatic carbocycles.